The van der Waals surface area contributed by atoms with Crippen LogP contribution >= 0.6 is 11.8 Å². The number of aromatic amines is 1. The third kappa shape index (κ3) is 3.71. The van der Waals surface area contributed by atoms with Gasteiger partial charge in [-0.05, 0) is 47.6 Å². The lowest BCUT2D eigenvalue weighted by Gasteiger charge is -2.17. The van der Waals surface area contributed by atoms with Gasteiger partial charge in [0, 0.05) is 5.56 Å². The van der Waals surface area contributed by atoms with Gasteiger partial charge < -0.3 is 0 Å². The second-order valence-corrected chi connectivity index (χ2v) is 7.59. The lowest BCUT2D eigenvalue weighted by molar-refractivity contribution is -0.123. The number of hydrogen-bond acceptors (Lipinski definition) is 6. The van der Waals surface area contributed by atoms with Crippen LogP contribution in [0.4, 0.5) is 0 Å². The number of amidine groups is 1. The van der Waals surface area contributed by atoms with E-state index in [-0.39, 0.29) is 5.91 Å². The number of allylic oxidation sites excluding steroid dienone is 1. The van der Waals surface area contributed by atoms with E-state index >= 15 is 0 Å². The molecule has 7 nitrogen and oxygen atoms in total. The second-order valence-electron chi connectivity index (χ2n) is 6.82. The first-order valence-corrected chi connectivity index (χ1v) is 10.3. The van der Waals surface area contributed by atoms with E-state index in [1.54, 1.807) is 4.90 Å². The molecule has 0 unspecified atom stereocenters. The number of benzene rings is 2. The summed E-state index contributed by atoms with van der Waals surface area (Å²) in [5, 5.41) is 15.1. The van der Waals surface area contributed by atoms with Gasteiger partial charge in [-0.2, -0.15) is 5.21 Å². The molecule has 0 aliphatic carbocycles. The van der Waals surface area contributed by atoms with Gasteiger partial charge in [-0.1, -0.05) is 60.3 Å². The van der Waals surface area contributed by atoms with Crippen molar-refractivity contribution in [2.45, 2.75) is 20.4 Å². The molecule has 3 aromatic rings. The Kier molecular flexibility index (Phi) is 5.26. The van der Waals surface area contributed by atoms with Crippen LogP contribution in [-0.2, 0) is 11.3 Å². The zero-order valence-corrected chi connectivity index (χ0v) is 17.2. The summed E-state index contributed by atoms with van der Waals surface area (Å²) in [6.07, 6.45) is 1.94. The topological polar surface area (TPSA) is 87.1 Å². The van der Waals surface area contributed by atoms with Gasteiger partial charge in [0.2, 0.25) is 5.82 Å². The molecule has 0 saturated carbocycles. The fraction of sp³-hybridized carbons (Fsp3) is 0.190. The molecule has 1 amide bonds. The molecule has 1 aliphatic heterocycles. The van der Waals surface area contributed by atoms with Crippen LogP contribution < -0.4 is 0 Å². The number of H-pyrrole nitrogens is 1. The summed E-state index contributed by atoms with van der Waals surface area (Å²) in [6, 6.07) is 16.1. The molecule has 2 heterocycles. The average Bonchev–Trinajstić information content (AvgIpc) is 3.38. The Balaban J connectivity index is 1.60. The van der Waals surface area contributed by atoms with Gasteiger partial charge in [0.25, 0.3) is 5.91 Å². The third-order valence-electron chi connectivity index (χ3n) is 4.66. The molecule has 29 heavy (non-hydrogen) atoms. The maximum atomic E-state index is 12.7. The smallest absolute Gasteiger partial charge is 0.278 e. The van der Waals surface area contributed by atoms with Gasteiger partial charge in [-0.25, -0.2) is 4.99 Å². The zero-order valence-electron chi connectivity index (χ0n) is 16.4. The number of nitrogens with zero attached hydrogens (tertiary/aromatic N) is 5. The van der Waals surface area contributed by atoms with Gasteiger partial charge in [-0.15, -0.1) is 10.2 Å². The summed E-state index contributed by atoms with van der Waals surface area (Å²) in [4.78, 5) is 18.9. The Labute approximate surface area is 172 Å². The van der Waals surface area contributed by atoms with E-state index in [1.807, 2.05) is 68.6 Å². The first kappa shape index (κ1) is 19.1. The van der Waals surface area contributed by atoms with Gasteiger partial charge in [0.15, 0.2) is 5.17 Å². The summed E-state index contributed by atoms with van der Waals surface area (Å²) >= 11 is 1.48. The highest BCUT2D eigenvalue weighted by Gasteiger charge is 2.30. The molecule has 8 heteroatoms. The van der Waals surface area contributed by atoms with Crippen LogP contribution in [0.5, 0.6) is 0 Å². The number of aliphatic imine (C=N–C) groups is 1. The molecule has 0 bridgehead atoms. The number of hydrogen-bond donors (Lipinski definition) is 1. The monoisotopic (exact) mass is 404 g/mol. The fourth-order valence-electron chi connectivity index (χ4n) is 3.22. The van der Waals surface area contributed by atoms with Crippen molar-refractivity contribution in [3.63, 3.8) is 0 Å². The highest BCUT2D eigenvalue weighted by molar-refractivity contribution is 8.13. The number of rotatable bonds is 4. The maximum Gasteiger partial charge on any atom is 0.278 e. The molecule has 1 aliphatic rings. The van der Waals surface area contributed by atoms with Crippen LogP contribution in [0, 0.1) is 0 Å². The summed E-state index contributed by atoms with van der Waals surface area (Å²) in [5.74, 6) is 0.517. The number of carbonyl (C=O) groups excluding carboxylic acids is 1. The van der Waals surface area contributed by atoms with E-state index in [9.17, 15) is 4.79 Å². The predicted octanol–water partition coefficient (Wildman–Crippen LogP) is 3.89. The summed E-state index contributed by atoms with van der Waals surface area (Å²) in [6.45, 7) is 4.31. The van der Waals surface area contributed by atoms with Crippen LogP contribution in [0.25, 0.3) is 22.5 Å². The van der Waals surface area contributed by atoms with E-state index in [1.165, 1.54) is 11.8 Å². The second kappa shape index (κ2) is 8.00. The minimum atomic E-state index is -0.0409. The van der Waals surface area contributed by atoms with Crippen molar-refractivity contribution in [3.05, 3.63) is 65.4 Å². The number of amides is 1. The summed E-state index contributed by atoms with van der Waals surface area (Å²) in [5.41, 5.74) is 5.49. The Morgan fingerprint density at radius 2 is 1.79 bits per heavy atom. The Bertz CT molecular complexity index is 1100. The van der Waals surface area contributed by atoms with Gasteiger partial charge >= 0.3 is 0 Å². The average molecular weight is 404 g/mol. The molecule has 2 aromatic carbocycles. The van der Waals surface area contributed by atoms with Crippen molar-refractivity contribution in [2.24, 2.45) is 4.99 Å². The lowest BCUT2D eigenvalue weighted by atomic mass is 9.98. The van der Waals surface area contributed by atoms with Gasteiger partial charge in [0.1, 0.15) is 5.70 Å². The van der Waals surface area contributed by atoms with Crippen LogP contribution in [0.2, 0.25) is 0 Å². The van der Waals surface area contributed by atoms with E-state index < -0.39 is 0 Å². The Hall–Kier alpha value is -3.26. The van der Waals surface area contributed by atoms with Crippen molar-refractivity contribution in [2.75, 3.05) is 6.26 Å². The first-order valence-electron chi connectivity index (χ1n) is 9.12. The number of carbonyl (C=O) groups is 1. The minimum absolute atomic E-state index is 0.0409. The van der Waals surface area contributed by atoms with Crippen LogP contribution in [0.1, 0.15) is 19.4 Å². The number of thioether (sulfide) groups is 1. The van der Waals surface area contributed by atoms with Crippen molar-refractivity contribution in [1.82, 2.24) is 25.5 Å². The normalized spacial score (nSPS) is 13.8. The fourth-order valence-corrected chi connectivity index (χ4v) is 3.77. The Morgan fingerprint density at radius 3 is 2.41 bits per heavy atom. The van der Waals surface area contributed by atoms with E-state index in [0.29, 0.717) is 18.1 Å². The summed E-state index contributed by atoms with van der Waals surface area (Å²) < 4.78 is 0. The van der Waals surface area contributed by atoms with E-state index in [2.05, 4.69) is 25.6 Å². The molecule has 0 radical (unpaired) electrons. The molecule has 0 spiro atoms. The highest BCUT2D eigenvalue weighted by Crippen LogP contribution is 2.30. The molecular weight excluding hydrogens is 384 g/mol. The number of aromatic nitrogens is 4. The van der Waals surface area contributed by atoms with Crippen LogP contribution in [-0.4, -0.2) is 42.9 Å². The molecule has 4 rings (SSSR count). The third-order valence-corrected chi connectivity index (χ3v) is 5.34. The van der Waals surface area contributed by atoms with Crippen LogP contribution in [0.3, 0.4) is 0 Å². The molecule has 1 N–H and O–H groups in total. The molecule has 0 fully saturated rings. The molecule has 0 saturated heterocycles. The largest absolute Gasteiger partial charge is 0.281 e. The number of nitrogens with one attached hydrogen (secondary N) is 1. The van der Waals surface area contributed by atoms with Crippen molar-refractivity contribution in [3.8, 4) is 22.5 Å². The lowest BCUT2D eigenvalue weighted by Crippen LogP contribution is -2.29. The zero-order chi connectivity index (χ0) is 20.4. The van der Waals surface area contributed by atoms with Gasteiger partial charge in [-0.3, -0.25) is 9.69 Å². The van der Waals surface area contributed by atoms with Crippen molar-refractivity contribution in [1.29, 1.82) is 0 Å². The predicted molar refractivity (Wildman–Crippen MR) is 115 cm³/mol. The van der Waals surface area contributed by atoms with Gasteiger partial charge in [0.05, 0.1) is 6.54 Å². The van der Waals surface area contributed by atoms with E-state index in [0.717, 1.165) is 33.0 Å². The molecule has 0 atom stereocenters. The standard InChI is InChI=1S/C21H20N6OS/c1-13(2)18-20(28)27(21(22-18)29-3)12-14-8-10-15(11-9-14)16-6-4-5-7-17(16)19-23-25-26-24-19/h4-11H,12H2,1-3H3,(H,23,24,25,26). The molecule has 146 valence electrons. The highest BCUT2D eigenvalue weighted by atomic mass is 32.2. The quantitative estimate of drug-likeness (QED) is 0.667. The minimum Gasteiger partial charge on any atom is -0.281 e. The number of tetrazole rings is 1. The first-order chi connectivity index (χ1) is 14.1. The van der Waals surface area contributed by atoms with E-state index in [4.69, 9.17) is 0 Å². The molecule has 1 aromatic heterocycles. The molecular formula is C21H20N6OS. The summed E-state index contributed by atoms with van der Waals surface area (Å²) in [7, 11) is 0. The Morgan fingerprint density at radius 1 is 1.07 bits per heavy atom. The maximum absolute atomic E-state index is 12.7. The van der Waals surface area contributed by atoms with Crippen LogP contribution in [0.15, 0.2) is 64.8 Å². The van der Waals surface area contributed by atoms with Crippen molar-refractivity contribution < 1.29 is 4.79 Å². The SMILES string of the molecule is CSC1=NC(=C(C)C)C(=O)N1Cc1ccc(-c2ccccc2-c2nn[nH]n2)cc1. The van der Waals surface area contributed by atoms with Crippen molar-refractivity contribution >= 4 is 22.8 Å².